The lowest BCUT2D eigenvalue weighted by Crippen LogP contribution is -2.46. The predicted molar refractivity (Wildman–Crippen MR) is 89.9 cm³/mol. The number of unbranched alkanes of at least 4 members (excludes halogenated alkanes) is 2. The number of rotatable bonds is 5. The number of hydrazine groups is 1. The lowest BCUT2D eigenvalue weighted by Gasteiger charge is -2.11. The van der Waals surface area contributed by atoms with E-state index in [1.165, 1.54) is 12.8 Å². The van der Waals surface area contributed by atoms with Crippen LogP contribution in [-0.4, -0.2) is 17.6 Å². The first-order valence-electron chi connectivity index (χ1n) is 6.23. The zero-order chi connectivity index (χ0) is 14.1. The van der Waals surface area contributed by atoms with E-state index in [0.29, 0.717) is 10.7 Å². The largest absolute Gasteiger partial charge is 0.361 e. The molecule has 3 N–H and O–H groups in total. The van der Waals surface area contributed by atoms with E-state index in [9.17, 15) is 4.79 Å². The normalized spacial score (nSPS) is 9.79. The van der Waals surface area contributed by atoms with Crippen LogP contribution in [0.4, 0.5) is 0 Å². The molecule has 1 aromatic rings. The zero-order valence-corrected chi connectivity index (χ0v) is 13.8. The van der Waals surface area contributed by atoms with Crippen molar-refractivity contribution in [3.05, 3.63) is 33.4 Å². The maximum atomic E-state index is 11.8. The Morgan fingerprint density at radius 2 is 2.11 bits per heavy atom. The van der Waals surface area contributed by atoms with Gasteiger partial charge < -0.3 is 5.32 Å². The van der Waals surface area contributed by atoms with E-state index < -0.39 is 0 Å². The van der Waals surface area contributed by atoms with E-state index in [-0.39, 0.29) is 5.91 Å². The summed E-state index contributed by atoms with van der Waals surface area (Å²) < 4.78 is 1.02. The number of nitrogens with one attached hydrogen (secondary N) is 3. The van der Waals surface area contributed by atoms with Crippen LogP contribution in [0.1, 0.15) is 36.5 Å². The third-order valence-corrected chi connectivity index (χ3v) is 3.36. The third kappa shape index (κ3) is 6.72. The van der Waals surface area contributed by atoms with Crippen LogP contribution in [0.3, 0.4) is 0 Å². The summed E-state index contributed by atoms with van der Waals surface area (Å²) >= 11 is 7.23. The second kappa shape index (κ2) is 9.08. The van der Waals surface area contributed by atoms with Crippen LogP contribution in [-0.2, 0) is 0 Å². The van der Waals surface area contributed by atoms with Gasteiger partial charge in [0.1, 0.15) is 0 Å². The maximum Gasteiger partial charge on any atom is 0.269 e. The molecule has 1 aromatic carbocycles. The maximum absolute atomic E-state index is 11.8. The van der Waals surface area contributed by atoms with Crippen LogP contribution in [0.25, 0.3) is 0 Å². The Morgan fingerprint density at radius 3 is 2.79 bits per heavy atom. The van der Waals surface area contributed by atoms with Crippen LogP contribution >= 0.6 is 34.8 Å². The van der Waals surface area contributed by atoms with E-state index in [1.807, 2.05) is 18.2 Å². The van der Waals surface area contributed by atoms with E-state index in [2.05, 4.69) is 45.7 Å². The molecule has 0 unspecified atom stereocenters. The van der Waals surface area contributed by atoms with Crippen molar-refractivity contribution >= 4 is 45.8 Å². The minimum atomic E-state index is -0.198. The van der Waals surface area contributed by atoms with Crippen LogP contribution < -0.4 is 16.2 Å². The molecule has 0 atom stereocenters. The Labute approximate surface area is 132 Å². The number of amides is 1. The molecular formula is C13H18IN3OS. The monoisotopic (exact) mass is 391 g/mol. The van der Waals surface area contributed by atoms with Crippen LogP contribution in [0, 0.1) is 3.57 Å². The molecule has 19 heavy (non-hydrogen) atoms. The first-order chi connectivity index (χ1) is 9.13. The first-order valence-corrected chi connectivity index (χ1v) is 7.72. The molecule has 0 aliphatic heterocycles. The molecule has 0 saturated carbocycles. The summed E-state index contributed by atoms with van der Waals surface area (Å²) in [6, 6.07) is 7.36. The lowest BCUT2D eigenvalue weighted by molar-refractivity contribution is 0.0943. The van der Waals surface area contributed by atoms with Crippen LogP contribution in [0.15, 0.2) is 24.3 Å². The van der Waals surface area contributed by atoms with Gasteiger partial charge in [0.15, 0.2) is 5.11 Å². The summed E-state index contributed by atoms with van der Waals surface area (Å²) in [5.41, 5.74) is 5.87. The smallest absolute Gasteiger partial charge is 0.269 e. The summed E-state index contributed by atoms with van der Waals surface area (Å²) in [6.45, 7) is 2.97. The van der Waals surface area contributed by atoms with E-state index in [1.54, 1.807) is 6.07 Å². The predicted octanol–water partition coefficient (Wildman–Crippen LogP) is 2.59. The lowest BCUT2D eigenvalue weighted by atomic mass is 10.2. The minimum Gasteiger partial charge on any atom is -0.361 e. The third-order valence-electron chi connectivity index (χ3n) is 2.44. The highest BCUT2D eigenvalue weighted by atomic mass is 127. The molecule has 1 amide bonds. The van der Waals surface area contributed by atoms with Crippen LogP contribution in [0.2, 0.25) is 0 Å². The number of hydrogen-bond acceptors (Lipinski definition) is 2. The molecule has 0 spiro atoms. The Hall–Kier alpha value is -0.890. The average Bonchev–Trinajstić information content (AvgIpc) is 2.41. The molecule has 0 aromatic heterocycles. The molecular weight excluding hydrogens is 373 g/mol. The molecule has 0 aliphatic carbocycles. The molecule has 1 rings (SSSR count). The van der Waals surface area contributed by atoms with E-state index >= 15 is 0 Å². The van der Waals surface area contributed by atoms with Gasteiger partial charge in [-0.3, -0.25) is 15.6 Å². The van der Waals surface area contributed by atoms with Gasteiger partial charge in [0.25, 0.3) is 5.91 Å². The van der Waals surface area contributed by atoms with Crippen molar-refractivity contribution in [1.29, 1.82) is 0 Å². The number of benzene rings is 1. The SMILES string of the molecule is CCCCCNC(=S)NNC(=O)c1cccc(I)c1. The fraction of sp³-hybridized carbons (Fsp3) is 0.385. The molecule has 0 radical (unpaired) electrons. The number of carbonyl (C=O) groups is 1. The molecule has 0 bridgehead atoms. The van der Waals surface area contributed by atoms with Gasteiger partial charge in [-0.1, -0.05) is 25.8 Å². The van der Waals surface area contributed by atoms with Gasteiger partial charge in [-0.25, -0.2) is 0 Å². The van der Waals surface area contributed by atoms with Gasteiger partial charge in [-0.15, -0.1) is 0 Å². The van der Waals surface area contributed by atoms with E-state index in [4.69, 9.17) is 12.2 Å². The fourth-order valence-electron chi connectivity index (χ4n) is 1.44. The van der Waals surface area contributed by atoms with Crippen molar-refractivity contribution in [1.82, 2.24) is 16.2 Å². The minimum absolute atomic E-state index is 0.198. The number of carbonyl (C=O) groups excluding carboxylic acids is 1. The van der Waals surface area contributed by atoms with Crippen molar-refractivity contribution in [2.24, 2.45) is 0 Å². The quantitative estimate of drug-likeness (QED) is 0.313. The molecule has 0 aliphatic rings. The number of halogens is 1. The summed E-state index contributed by atoms with van der Waals surface area (Å²) in [5, 5.41) is 3.48. The molecule has 0 saturated heterocycles. The summed E-state index contributed by atoms with van der Waals surface area (Å²) in [6.07, 6.45) is 3.42. The van der Waals surface area contributed by atoms with Gasteiger partial charge in [0, 0.05) is 15.7 Å². The number of hydrogen-bond donors (Lipinski definition) is 3. The van der Waals surface area contributed by atoms with Crippen molar-refractivity contribution in [2.45, 2.75) is 26.2 Å². The summed E-state index contributed by atoms with van der Waals surface area (Å²) in [7, 11) is 0. The zero-order valence-electron chi connectivity index (χ0n) is 10.8. The van der Waals surface area contributed by atoms with Gasteiger partial charge in [0.05, 0.1) is 0 Å². The summed E-state index contributed by atoms with van der Waals surface area (Å²) in [5.74, 6) is -0.198. The second-order valence-corrected chi connectivity index (χ2v) is 5.71. The average molecular weight is 391 g/mol. The highest BCUT2D eigenvalue weighted by Crippen LogP contribution is 2.07. The van der Waals surface area contributed by atoms with E-state index in [0.717, 1.165) is 16.5 Å². The molecule has 4 nitrogen and oxygen atoms in total. The van der Waals surface area contributed by atoms with Crippen LogP contribution in [0.5, 0.6) is 0 Å². The topological polar surface area (TPSA) is 53.2 Å². The van der Waals surface area contributed by atoms with Gasteiger partial charge in [-0.2, -0.15) is 0 Å². The highest BCUT2D eigenvalue weighted by molar-refractivity contribution is 14.1. The Kier molecular flexibility index (Phi) is 7.73. The Balaban J connectivity index is 2.28. The Bertz CT molecular complexity index is 440. The highest BCUT2D eigenvalue weighted by Gasteiger charge is 2.05. The van der Waals surface area contributed by atoms with Gasteiger partial charge >= 0.3 is 0 Å². The Morgan fingerprint density at radius 1 is 1.32 bits per heavy atom. The molecule has 0 fully saturated rings. The van der Waals surface area contributed by atoms with Gasteiger partial charge in [-0.05, 0) is 59.4 Å². The van der Waals surface area contributed by atoms with Crippen molar-refractivity contribution in [3.63, 3.8) is 0 Å². The van der Waals surface area contributed by atoms with Crippen molar-refractivity contribution in [3.8, 4) is 0 Å². The molecule has 0 heterocycles. The van der Waals surface area contributed by atoms with Crippen molar-refractivity contribution in [2.75, 3.05) is 6.54 Å². The standard InChI is InChI=1S/C13H18IN3OS/c1-2-3-4-8-15-13(19)17-16-12(18)10-6-5-7-11(14)9-10/h5-7,9H,2-4,8H2,1H3,(H,16,18)(H2,15,17,19). The fourth-order valence-corrected chi connectivity index (χ4v) is 2.13. The number of thiocarbonyl (C=S) groups is 1. The first kappa shape index (κ1) is 16.2. The molecule has 6 heteroatoms. The second-order valence-electron chi connectivity index (χ2n) is 4.05. The summed E-state index contributed by atoms with van der Waals surface area (Å²) in [4.78, 5) is 11.8. The molecule has 104 valence electrons. The van der Waals surface area contributed by atoms with Crippen molar-refractivity contribution < 1.29 is 4.79 Å². The van der Waals surface area contributed by atoms with Gasteiger partial charge in [0.2, 0.25) is 0 Å².